The molecule has 3 aromatic rings. The van der Waals surface area contributed by atoms with Crippen molar-refractivity contribution in [3.63, 3.8) is 0 Å². The summed E-state index contributed by atoms with van der Waals surface area (Å²) < 4.78 is 10.7. The second kappa shape index (κ2) is 8.10. The molecule has 0 saturated heterocycles. The van der Waals surface area contributed by atoms with Crippen LogP contribution in [0.1, 0.15) is 31.8 Å². The van der Waals surface area contributed by atoms with Gasteiger partial charge in [-0.05, 0) is 37.1 Å². The molecule has 0 aliphatic carbocycles. The van der Waals surface area contributed by atoms with Crippen LogP contribution in [0.5, 0.6) is 17.2 Å². The van der Waals surface area contributed by atoms with Crippen molar-refractivity contribution in [2.24, 2.45) is 0 Å². The van der Waals surface area contributed by atoms with Crippen LogP contribution in [0.15, 0.2) is 54.9 Å². The van der Waals surface area contributed by atoms with Crippen molar-refractivity contribution in [2.75, 3.05) is 0 Å². The Bertz CT molecular complexity index is 1060. The summed E-state index contributed by atoms with van der Waals surface area (Å²) in [5.74, 6) is -1.48. The molecule has 142 valence electrons. The molecule has 6 nitrogen and oxygen atoms in total. The van der Waals surface area contributed by atoms with Crippen LogP contribution in [0.3, 0.4) is 0 Å². The average molecular weight is 398 g/mol. The Labute approximate surface area is 166 Å². The van der Waals surface area contributed by atoms with Crippen molar-refractivity contribution >= 4 is 23.5 Å². The number of phenols is 1. The maximum Gasteiger partial charge on any atom is 0.347 e. The van der Waals surface area contributed by atoms with Crippen molar-refractivity contribution < 1.29 is 24.2 Å². The summed E-state index contributed by atoms with van der Waals surface area (Å²) in [4.78, 5) is 29.0. The van der Waals surface area contributed by atoms with E-state index in [0.29, 0.717) is 16.1 Å². The number of hydrogen-bond donors (Lipinski definition) is 1. The summed E-state index contributed by atoms with van der Waals surface area (Å²) in [7, 11) is 0. The first-order valence-electron chi connectivity index (χ1n) is 8.30. The number of aromatic nitrogens is 1. The van der Waals surface area contributed by atoms with Crippen LogP contribution in [0.25, 0.3) is 0 Å². The van der Waals surface area contributed by atoms with Gasteiger partial charge in [0.05, 0.1) is 11.2 Å². The zero-order valence-electron chi connectivity index (χ0n) is 15.1. The van der Waals surface area contributed by atoms with Crippen molar-refractivity contribution in [1.82, 2.24) is 4.98 Å². The molecule has 7 heteroatoms. The smallest absolute Gasteiger partial charge is 0.347 e. The van der Waals surface area contributed by atoms with Gasteiger partial charge < -0.3 is 14.6 Å². The third kappa shape index (κ3) is 4.13. The summed E-state index contributed by atoms with van der Waals surface area (Å²) in [6, 6.07) is 11.0. The number of hydrogen-bond acceptors (Lipinski definition) is 6. The molecule has 0 aliphatic heterocycles. The van der Waals surface area contributed by atoms with E-state index in [4.69, 9.17) is 21.1 Å². The first kappa shape index (κ1) is 19.4. The first-order valence-corrected chi connectivity index (χ1v) is 8.67. The molecular formula is C21H16ClNO5. The fourth-order valence-corrected chi connectivity index (χ4v) is 2.69. The van der Waals surface area contributed by atoms with E-state index >= 15 is 0 Å². The van der Waals surface area contributed by atoms with Crippen molar-refractivity contribution in [3.05, 3.63) is 82.1 Å². The second-order valence-corrected chi connectivity index (χ2v) is 6.48. The van der Waals surface area contributed by atoms with E-state index in [9.17, 15) is 14.7 Å². The summed E-state index contributed by atoms with van der Waals surface area (Å²) in [5.41, 5.74) is 1.15. The number of esters is 2. The molecule has 1 N–H and O–H groups in total. The van der Waals surface area contributed by atoms with Crippen LogP contribution in [0.4, 0.5) is 0 Å². The van der Waals surface area contributed by atoms with Crippen LogP contribution < -0.4 is 9.47 Å². The molecule has 0 saturated carbocycles. The van der Waals surface area contributed by atoms with Gasteiger partial charge in [0.2, 0.25) is 0 Å². The zero-order valence-corrected chi connectivity index (χ0v) is 15.9. The number of halogens is 1. The minimum atomic E-state index is -0.783. The molecular weight excluding hydrogens is 382 g/mol. The number of phenolic OH excluding ortho intramolecular Hbond substituents is 1. The number of benzene rings is 2. The minimum Gasteiger partial charge on any atom is -0.507 e. The predicted octanol–water partition coefficient (Wildman–Crippen LogP) is 4.50. The van der Waals surface area contributed by atoms with Crippen LogP contribution in [0.2, 0.25) is 5.02 Å². The van der Waals surface area contributed by atoms with Crippen molar-refractivity contribution in [1.29, 1.82) is 0 Å². The summed E-state index contributed by atoms with van der Waals surface area (Å²) in [6.45, 7) is 3.36. The van der Waals surface area contributed by atoms with Crippen molar-refractivity contribution in [3.8, 4) is 17.2 Å². The summed E-state index contributed by atoms with van der Waals surface area (Å²) in [5, 5.41) is 10.4. The molecule has 0 fully saturated rings. The highest BCUT2D eigenvalue weighted by atomic mass is 35.5. The molecule has 1 aromatic heterocycles. The largest absolute Gasteiger partial charge is 0.507 e. The van der Waals surface area contributed by atoms with Gasteiger partial charge in [0.15, 0.2) is 5.75 Å². The number of para-hydroxylation sites is 2. The molecule has 0 unspecified atom stereocenters. The lowest BCUT2D eigenvalue weighted by Gasteiger charge is -2.13. The Morgan fingerprint density at radius 3 is 2.29 bits per heavy atom. The minimum absolute atomic E-state index is 0.00149. The number of ether oxygens (including phenoxy) is 2. The van der Waals surface area contributed by atoms with Gasteiger partial charge >= 0.3 is 11.9 Å². The molecule has 2 aromatic carbocycles. The molecule has 0 atom stereocenters. The van der Waals surface area contributed by atoms with Gasteiger partial charge in [-0.2, -0.15) is 0 Å². The lowest BCUT2D eigenvalue weighted by molar-refractivity contribution is 0.0704. The van der Waals surface area contributed by atoms with Gasteiger partial charge in [-0.1, -0.05) is 35.9 Å². The molecule has 0 spiro atoms. The van der Waals surface area contributed by atoms with Gasteiger partial charge in [0.25, 0.3) is 0 Å². The fraction of sp³-hybridized carbons (Fsp3) is 0.0952. The Morgan fingerprint density at radius 1 is 0.929 bits per heavy atom. The standard InChI is InChI=1S/C21H16ClNO5/c1-12-5-3-7-16(18(12)24)20(25)28-19-13(2)6-4-8-17(19)21(26)27-15-9-14(22)10-23-11-15/h3-11,24H,1-2H3. The topological polar surface area (TPSA) is 85.7 Å². The molecule has 0 radical (unpaired) electrons. The SMILES string of the molecule is Cc1cccc(C(=O)Oc2c(C)cccc2C(=O)Oc2cncc(Cl)c2)c1O. The lowest BCUT2D eigenvalue weighted by atomic mass is 10.1. The van der Waals surface area contributed by atoms with Crippen LogP contribution in [-0.2, 0) is 0 Å². The van der Waals surface area contributed by atoms with Crippen molar-refractivity contribution in [2.45, 2.75) is 13.8 Å². The highest BCUT2D eigenvalue weighted by Gasteiger charge is 2.22. The van der Waals surface area contributed by atoms with E-state index < -0.39 is 11.9 Å². The normalized spacial score (nSPS) is 10.4. The molecule has 1 heterocycles. The number of pyridine rings is 1. The molecule has 28 heavy (non-hydrogen) atoms. The second-order valence-electron chi connectivity index (χ2n) is 6.04. The van der Waals surface area contributed by atoms with E-state index in [1.165, 1.54) is 30.6 Å². The van der Waals surface area contributed by atoms with Crippen LogP contribution in [0, 0.1) is 13.8 Å². The predicted molar refractivity (Wildman–Crippen MR) is 103 cm³/mol. The number of aryl methyl sites for hydroxylation is 2. The summed E-state index contributed by atoms with van der Waals surface area (Å²) in [6.07, 6.45) is 2.75. The van der Waals surface area contributed by atoms with E-state index in [1.54, 1.807) is 38.1 Å². The van der Waals surface area contributed by atoms with Gasteiger partial charge in [0.1, 0.15) is 22.6 Å². The van der Waals surface area contributed by atoms with Gasteiger partial charge in [-0.15, -0.1) is 0 Å². The van der Waals surface area contributed by atoms with Crippen LogP contribution >= 0.6 is 11.6 Å². The van der Waals surface area contributed by atoms with Crippen LogP contribution in [-0.4, -0.2) is 22.0 Å². The monoisotopic (exact) mass is 397 g/mol. The molecule has 0 bridgehead atoms. The highest BCUT2D eigenvalue weighted by molar-refractivity contribution is 6.30. The highest BCUT2D eigenvalue weighted by Crippen LogP contribution is 2.28. The molecule has 3 rings (SSSR count). The number of aromatic hydroxyl groups is 1. The van der Waals surface area contributed by atoms with E-state index in [1.807, 2.05) is 0 Å². The fourth-order valence-electron chi connectivity index (χ4n) is 2.53. The molecule has 0 amide bonds. The maximum absolute atomic E-state index is 12.6. The molecule has 0 aliphatic rings. The number of carbonyl (C=O) groups excluding carboxylic acids is 2. The average Bonchev–Trinajstić information content (AvgIpc) is 2.65. The number of nitrogens with zero attached hydrogens (tertiary/aromatic N) is 1. The Balaban J connectivity index is 1.91. The number of rotatable bonds is 4. The third-order valence-corrected chi connectivity index (χ3v) is 4.18. The Hall–Kier alpha value is -3.38. The maximum atomic E-state index is 12.6. The third-order valence-electron chi connectivity index (χ3n) is 3.97. The summed E-state index contributed by atoms with van der Waals surface area (Å²) >= 11 is 5.85. The van der Waals surface area contributed by atoms with E-state index in [0.717, 1.165) is 0 Å². The van der Waals surface area contributed by atoms with Gasteiger partial charge in [0, 0.05) is 12.3 Å². The Kier molecular flexibility index (Phi) is 5.61. The lowest BCUT2D eigenvalue weighted by Crippen LogP contribution is -2.16. The van der Waals surface area contributed by atoms with E-state index in [2.05, 4.69) is 4.98 Å². The first-order chi connectivity index (χ1) is 13.4. The Morgan fingerprint density at radius 2 is 1.57 bits per heavy atom. The van der Waals surface area contributed by atoms with Gasteiger partial charge in [-0.25, -0.2) is 9.59 Å². The number of carbonyl (C=O) groups is 2. The van der Waals surface area contributed by atoms with Gasteiger partial charge in [-0.3, -0.25) is 4.98 Å². The van der Waals surface area contributed by atoms with E-state index in [-0.39, 0.29) is 28.4 Å². The quantitative estimate of drug-likeness (QED) is 0.515. The zero-order chi connectivity index (χ0) is 20.3.